The molecule has 24 heavy (non-hydrogen) atoms. The molecule has 0 radical (unpaired) electrons. The molecule has 0 unspecified atom stereocenters. The van der Waals surface area contributed by atoms with Crippen LogP contribution in [0.2, 0.25) is 0 Å². The van der Waals surface area contributed by atoms with Crippen LogP contribution in [0.4, 0.5) is 0 Å². The summed E-state index contributed by atoms with van der Waals surface area (Å²) in [6.07, 6.45) is 8.99. The van der Waals surface area contributed by atoms with E-state index in [1.165, 1.54) is 30.4 Å². The van der Waals surface area contributed by atoms with Crippen LogP contribution < -0.4 is 0 Å². The second-order valence-electron chi connectivity index (χ2n) is 6.93. The van der Waals surface area contributed by atoms with Crippen molar-refractivity contribution in [2.24, 2.45) is 0 Å². The van der Waals surface area contributed by atoms with Crippen LogP contribution in [0.3, 0.4) is 0 Å². The van der Waals surface area contributed by atoms with Crippen LogP contribution in [0, 0.1) is 0 Å². The first kappa shape index (κ1) is 17.5. The predicted octanol–water partition coefficient (Wildman–Crippen LogP) is 5.35. The van der Waals surface area contributed by atoms with Gasteiger partial charge in [0.2, 0.25) is 5.79 Å². The van der Waals surface area contributed by atoms with Crippen molar-refractivity contribution in [2.45, 2.75) is 70.7 Å². The molecule has 132 valence electrons. The van der Waals surface area contributed by atoms with Gasteiger partial charge < -0.3 is 14.2 Å². The van der Waals surface area contributed by atoms with Gasteiger partial charge >= 0.3 is 0 Å². The fourth-order valence-corrected chi connectivity index (χ4v) is 3.55. The maximum atomic E-state index is 6.39. The van der Waals surface area contributed by atoms with E-state index in [0.717, 1.165) is 44.5 Å². The van der Waals surface area contributed by atoms with Crippen molar-refractivity contribution in [3.8, 4) is 0 Å². The quantitative estimate of drug-likeness (QED) is 0.674. The molecule has 0 aromatic heterocycles. The van der Waals surface area contributed by atoms with Crippen molar-refractivity contribution >= 4 is 0 Å². The molecule has 1 atom stereocenters. The van der Waals surface area contributed by atoms with Crippen LogP contribution >= 0.6 is 0 Å². The maximum absolute atomic E-state index is 6.39. The third-order valence-electron chi connectivity index (χ3n) is 5.01. The molecule has 0 saturated carbocycles. The summed E-state index contributed by atoms with van der Waals surface area (Å²) in [7, 11) is 0. The molecule has 0 N–H and O–H groups in total. The summed E-state index contributed by atoms with van der Waals surface area (Å²) >= 11 is 0. The first-order chi connectivity index (χ1) is 11.8. The average molecular weight is 330 g/mol. The van der Waals surface area contributed by atoms with Gasteiger partial charge in [0.25, 0.3) is 0 Å². The van der Waals surface area contributed by atoms with Crippen LogP contribution in [0.25, 0.3) is 0 Å². The normalized spacial score (nSPS) is 24.2. The van der Waals surface area contributed by atoms with Gasteiger partial charge in [-0.1, -0.05) is 43.7 Å². The van der Waals surface area contributed by atoms with Crippen LogP contribution in [0.1, 0.15) is 63.9 Å². The molecule has 0 aliphatic carbocycles. The van der Waals surface area contributed by atoms with E-state index in [9.17, 15) is 0 Å². The lowest BCUT2D eigenvalue weighted by Gasteiger charge is -2.42. The Bertz CT molecular complexity index is 529. The molecule has 2 heterocycles. The van der Waals surface area contributed by atoms with E-state index in [2.05, 4.69) is 19.1 Å². The Kier molecular flexibility index (Phi) is 6.33. The lowest BCUT2D eigenvalue weighted by atomic mass is 9.92. The van der Waals surface area contributed by atoms with Crippen molar-refractivity contribution in [2.75, 3.05) is 13.2 Å². The SMILES string of the molecule is CCCCC1=C(COCc2ccccc2)O[C@@]2(CCCCO2)CC1. The number of hydrogen-bond acceptors (Lipinski definition) is 3. The molecule has 3 rings (SSSR count). The van der Waals surface area contributed by atoms with E-state index in [1.54, 1.807) is 0 Å². The summed E-state index contributed by atoms with van der Waals surface area (Å²) in [6, 6.07) is 10.3. The van der Waals surface area contributed by atoms with E-state index in [4.69, 9.17) is 14.2 Å². The van der Waals surface area contributed by atoms with Gasteiger partial charge in [0, 0.05) is 12.8 Å². The molecule has 2 aliphatic rings. The van der Waals surface area contributed by atoms with Gasteiger partial charge in [-0.25, -0.2) is 0 Å². The lowest BCUT2D eigenvalue weighted by Crippen LogP contribution is -2.42. The molecular formula is C21H30O3. The maximum Gasteiger partial charge on any atom is 0.210 e. The molecule has 1 aromatic carbocycles. The summed E-state index contributed by atoms with van der Waals surface area (Å²) in [5.74, 6) is 0.659. The molecule has 1 fully saturated rings. The fraction of sp³-hybridized carbons (Fsp3) is 0.619. The molecular weight excluding hydrogens is 300 g/mol. The lowest BCUT2D eigenvalue weighted by molar-refractivity contribution is -0.249. The van der Waals surface area contributed by atoms with Crippen molar-refractivity contribution < 1.29 is 14.2 Å². The van der Waals surface area contributed by atoms with Crippen LogP contribution in [0.5, 0.6) is 0 Å². The Balaban J connectivity index is 1.62. The van der Waals surface area contributed by atoms with Crippen molar-refractivity contribution in [3.05, 3.63) is 47.2 Å². The van der Waals surface area contributed by atoms with Crippen LogP contribution in [-0.2, 0) is 20.8 Å². The fourth-order valence-electron chi connectivity index (χ4n) is 3.55. The molecule has 0 amide bonds. The number of rotatable bonds is 7. The molecule has 1 spiro atoms. The van der Waals surface area contributed by atoms with Crippen LogP contribution in [0.15, 0.2) is 41.7 Å². The molecule has 1 aromatic rings. The topological polar surface area (TPSA) is 27.7 Å². The van der Waals surface area contributed by atoms with E-state index in [-0.39, 0.29) is 5.79 Å². The monoisotopic (exact) mass is 330 g/mol. The number of hydrogen-bond donors (Lipinski definition) is 0. The highest BCUT2D eigenvalue weighted by Crippen LogP contribution is 2.40. The standard InChI is InChI=1S/C21H30O3/c1-2-3-11-19-12-14-21(13-7-8-15-23-21)24-20(19)17-22-16-18-9-5-4-6-10-18/h4-6,9-10H,2-3,7-8,11-17H2,1H3/t21-/m0/s1. The van der Waals surface area contributed by atoms with Gasteiger partial charge in [-0.15, -0.1) is 0 Å². The van der Waals surface area contributed by atoms with Crippen molar-refractivity contribution in [1.82, 2.24) is 0 Å². The Labute approximate surface area is 146 Å². The van der Waals surface area contributed by atoms with Crippen molar-refractivity contribution in [1.29, 1.82) is 0 Å². The van der Waals surface area contributed by atoms with Crippen molar-refractivity contribution in [3.63, 3.8) is 0 Å². The molecule has 1 saturated heterocycles. The zero-order chi connectivity index (χ0) is 16.7. The Hall–Kier alpha value is -1.32. The first-order valence-electron chi connectivity index (χ1n) is 9.47. The van der Waals surface area contributed by atoms with E-state index >= 15 is 0 Å². The van der Waals surface area contributed by atoms with Gasteiger partial charge in [-0.2, -0.15) is 0 Å². The highest BCUT2D eigenvalue weighted by Gasteiger charge is 2.39. The van der Waals surface area contributed by atoms with E-state index in [1.807, 2.05) is 18.2 Å². The Morgan fingerprint density at radius 3 is 2.71 bits per heavy atom. The first-order valence-corrected chi connectivity index (χ1v) is 9.47. The van der Waals surface area contributed by atoms with Crippen LogP contribution in [-0.4, -0.2) is 19.0 Å². The highest BCUT2D eigenvalue weighted by molar-refractivity contribution is 5.15. The largest absolute Gasteiger partial charge is 0.464 e. The Morgan fingerprint density at radius 1 is 1.08 bits per heavy atom. The third-order valence-corrected chi connectivity index (χ3v) is 5.01. The summed E-state index contributed by atoms with van der Waals surface area (Å²) in [6.45, 7) is 4.24. The van der Waals surface area contributed by atoms with E-state index < -0.39 is 0 Å². The van der Waals surface area contributed by atoms with E-state index in [0.29, 0.717) is 13.2 Å². The smallest absolute Gasteiger partial charge is 0.210 e. The zero-order valence-electron chi connectivity index (χ0n) is 14.9. The summed E-state index contributed by atoms with van der Waals surface area (Å²) in [5, 5.41) is 0. The highest BCUT2D eigenvalue weighted by atomic mass is 16.7. The third kappa shape index (κ3) is 4.61. The second kappa shape index (κ2) is 8.68. The molecule has 3 nitrogen and oxygen atoms in total. The minimum Gasteiger partial charge on any atom is -0.464 e. The predicted molar refractivity (Wildman–Crippen MR) is 95.5 cm³/mol. The van der Waals surface area contributed by atoms with Gasteiger partial charge in [0.1, 0.15) is 12.4 Å². The zero-order valence-corrected chi connectivity index (χ0v) is 14.9. The van der Waals surface area contributed by atoms with Gasteiger partial charge in [-0.05, 0) is 43.2 Å². The summed E-state index contributed by atoms with van der Waals surface area (Å²) in [4.78, 5) is 0. The summed E-state index contributed by atoms with van der Waals surface area (Å²) in [5.41, 5.74) is 2.64. The minimum absolute atomic E-state index is 0.376. The van der Waals surface area contributed by atoms with Gasteiger partial charge in [0.05, 0.1) is 13.2 Å². The number of unbranched alkanes of at least 4 members (excludes halogenated alkanes) is 1. The van der Waals surface area contributed by atoms with Gasteiger partial charge in [0.15, 0.2) is 0 Å². The summed E-state index contributed by atoms with van der Waals surface area (Å²) < 4.78 is 18.4. The van der Waals surface area contributed by atoms with Gasteiger partial charge in [-0.3, -0.25) is 0 Å². The minimum atomic E-state index is -0.376. The average Bonchev–Trinajstić information content (AvgIpc) is 2.63. The second-order valence-corrected chi connectivity index (χ2v) is 6.93. The molecule has 0 bridgehead atoms. The molecule has 2 aliphatic heterocycles. The molecule has 3 heteroatoms. The Morgan fingerprint density at radius 2 is 1.96 bits per heavy atom. The number of allylic oxidation sites excluding steroid dienone is 1. The number of benzene rings is 1. The number of ether oxygens (including phenoxy) is 3.